The van der Waals surface area contributed by atoms with Crippen molar-refractivity contribution in [1.82, 2.24) is 0 Å². The van der Waals surface area contributed by atoms with Gasteiger partial charge < -0.3 is 4.74 Å². The van der Waals surface area contributed by atoms with Crippen LogP contribution in [0.5, 0.6) is 5.75 Å². The Morgan fingerprint density at radius 2 is 1.71 bits per heavy atom. The second kappa shape index (κ2) is 12.0. The molecule has 0 heterocycles. The van der Waals surface area contributed by atoms with E-state index in [9.17, 15) is 8.42 Å². The van der Waals surface area contributed by atoms with Crippen molar-refractivity contribution in [1.29, 1.82) is 0 Å². The molecular weight excluding hydrogens is 474 g/mol. The van der Waals surface area contributed by atoms with Crippen LogP contribution in [-0.2, 0) is 10.0 Å². The Hall–Kier alpha value is -3.22. The summed E-state index contributed by atoms with van der Waals surface area (Å²) >= 11 is 1.49. The maximum absolute atomic E-state index is 13.3. The topological polar surface area (TPSA) is 55.4 Å². The number of ether oxygens (including phenoxy) is 1. The molecule has 35 heavy (non-hydrogen) atoms. The van der Waals surface area contributed by atoms with E-state index in [1.807, 2.05) is 37.3 Å². The third-order valence-electron chi connectivity index (χ3n) is 5.25. The molecule has 2 aromatic carbocycles. The molecule has 1 N–H and O–H groups in total. The molecule has 0 bridgehead atoms. The number of anilines is 1. The summed E-state index contributed by atoms with van der Waals surface area (Å²) in [5.41, 5.74) is 4.89. The van der Waals surface area contributed by atoms with Gasteiger partial charge in [0, 0.05) is 16.0 Å². The molecule has 0 saturated carbocycles. The van der Waals surface area contributed by atoms with E-state index in [0.29, 0.717) is 33.7 Å². The van der Waals surface area contributed by atoms with Gasteiger partial charge in [-0.1, -0.05) is 86.2 Å². The molecule has 0 atom stereocenters. The van der Waals surface area contributed by atoms with Gasteiger partial charge in [0.15, 0.2) is 0 Å². The summed E-state index contributed by atoms with van der Waals surface area (Å²) in [5, 5.41) is 0. The fourth-order valence-electron chi connectivity index (χ4n) is 3.80. The fraction of sp³-hybridized carbons (Fsp3) is 0.172. The third kappa shape index (κ3) is 6.27. The summed E-state index contributed by atoms with van der Waals surface area (Å²) in [5.74, 6) is 0.594. The van der Waals surface area contributed by atoms with Gasteiger partial charge in [0.25, 0.3) is 10.0 Å². The molecule has 2 rings (SSSR count). The quantitative estimate of drug-likeness (QED) is 0.311. The van der Waals surface area contributed by atoms with Crippen LogP contribution in [0.2, 0.25) is 0 Å². The number of hydrogen-bond donors (Lipinski definition) is 1. The molecule has 0 aliphatic heterocycles. The zero-order chi connectivity index (χ0) is 26.3. The smallest absolute Gasteiger partial charge is 0.262 e. The summed E-state index contributed by atoms with van der Waals surface area (Å²) in [7, 11) is -2.30. The first-order chi connectivity index (χ1) is 16.5. The van der Waals surface area contributed by atoms with Crippen LogP contribution in [0.3, 0.4) is 0 Å². The largest absolute Gasteiger partial charge is 0.495 e. The Morgan fingerprint density at radius 3 is 2.23 bits per heavy atom. The van der Waals surface area contributed by atoms with E-state index in [0.717, 1.165) is 20.9 Å². The molecule has 0 radical (unpaired) electrons. The molecule has 0 aliphatic rings. The minimum atomic E-state index is -3.89. The number of sulfonamides is 1. The maximum atomic E-state index is 13.3. The minimum Gasteiger partial charge on any atom is -0.495 e. The van der Waals surface area contributed by atoms with Crippen molar-refractivity contribution in [2.45, 2.75) is 37.5 Å². The maximum Gasteiger partial charge on any atom is 0.262 e. The Morgan fingerprint density at radius 1 is 1.06 bits per heavy atom. The highest BCUT2D eigenvalue weighted by atomic mass is 32.2. The number of allylic oxidation sites excluding steroid dienone is 4. The van der Waals surface area contributed by atoms with Gasteiger partial charge in [-0.3, -0.25) is 4.72 Å². The fourth-order valence-corrected chi connectivity index (χ4v) is 6.48. The molecule has 4 nitrogen and oxygen atoms in total. The van der Waals surface area contributed by atoms with Gasteiger partial charge in [0.2, 0.25) is 0 Å². The standard InChI is InChI=1S/C29H33NO3S2/c1-10-13-15-22-16-14-17-26(21(22)8)34-27-18-25(23(11-2)24(12-3)28(27)33-9)30-35(31,32)29(19(4)5)20(6)7/h10-18,30H,1-4H2,5-9H3/b15-13-. The van der Waals surface area contributed by atoms with Crippen LogP contribution in [0.15, 0.2) is 88.6 Å². The lowest BCUT2D eigenvalue weighted by atomic mass is 10.0. The normalized spacial score (nSPS) is 11.1. The number of benzene rings is 2. The number of hydrogen-bond acceptors (Lipinski definition) is 4. The summed E-state index contributed by atoms with van der Waals surface area (Å²) in [6, 6.07) is 7.81. The van der Waals surface area contributed by atoms with Crippen molar-refractivity contribution in [2.24, 2.45) is 0 Å². The number of methoxy groups -OCH3 is 1. The van der Waals surface area contributed by atoms with E-state index in [-0.39, 0.29) is 4.91 Å². The van der Waals surface area contributed by atoms with E-state index in [2.05, 4.69) is 31.0 Å². The highest BCUT2D eigenvalue weighted by Gasteiger charge is 2.24. The Kier molecular flexibility index (Phi) is 9.57. The molecular formula is C29H33NO3S2. The first-order valence-electron chi connectivity index (χ1n) is 10.9. The first-order valence-corrected chi connectivity index (χ1v) is 13.2. The predicted octanol–water partition coefficient (Wildman–Crippen LogP) is 8.25. The highest BCUT2D eigenvalue weighted by molar-refractivity contribution is 7.99. The Balaban J connectivity index is 2.75. The van der Waals surface area contributed by atoms with E-state index < -0.39 is 10.0 Å². The molecule has 0 aromatic heterocycles. The van der Waals surface area contributed by atoms with Gasteiger partial charge >= 0.3 is 0 Å². The molecule has 0 aliphatic carbocycles. The molecule has 0 amide bonds. The molecule has 0 spiro atoms. The van der Waals surface area contributed by atoms with E-state index in [1.54, 1.807) is 52.2 Å². The van der Waals surface area contributed by atoms with Gasteiger partial charge in [-0.2, -0.15) is 0 Å². The molecule has 184 valence electrons. The van der Waals surface area contributed by atoms with Gasteiger partial charge in [-0.15, -0.1) is 0 Å². The molecule has 6 heteroatoms. The number of nitrogens with one attached hydrogen (secondary N) is 1. The van der Waals surface area contributed by atoms with E-state index in [4.69, 9.17) is 4.74 Å². The van der Waals surface area contributed by atoms with E-state index >= 15 is 0 Å². The van der Waals surface area contributed by atoms with Crippen LogP contribution in [0.25, 0.3) is 18.2 Å². The Bertz CT molecular complexity index is 1340. The van der Waals surface area contributed by atoms with Gasteiger partial charge in [0.05, 0.1) is 22.6 Å². The minimum absolute atomic E-state index is 0.176. The first kappa shape index (κ1) is 28.0. The molecule has 2 aromatic rings. The van der Waals surface area contributed by atoms with Gasteiger partial charge in [-0.25, -0.2) is 8.42 Å². The molecule has 0 fully saturated rings. The zero-order valence-electron chi connectivity index (χ0n) is 21.1. The number of rotatable bonds is 11. The van der Waals surface area contributed by atoms with Crippen LogP contribution >= 0.6 is 11.8 Å². The highest BCUT2D eigenvalue weighted by Crippen LogP contribution is 2.44. The summed E-state index contributed by atoms with van der Waals surface area (Å²) in [6.45, 7) is 22.6. The second-order valence-corrected chi connectivity index (χ2v) is 10.8. The summed E-state index contributed by atoms with van der Waals surface area (Å²) in [6.07, 6.45) is 8.87. The lowest BCUT2D eigenvalue weighted by Crippen LogP contribution is -2.18. The van der Waals surface area contributed by atoms with Crippen molar-refractivity contribution in [3.63, 3.8) is 0 Å². The average molecular weight is 508 g/mol. The SMILES string of the molecule is C=C/C=C\c1cccc(Sc2cc(NS(=O)(=O)C(C(=C)C)=C(C)C)c(C=C)c(C=C)c2OC)c1C. The van der Waals surface area contributed by atoms with Crippen LogP contribution in [-0.4, -0.2) is 15.5 Å². The van der Waals surface area contributed by atoms with Crippen LogP contribution in [0.4, 0.5) is 5.69 Å². The molecule has 0 unspecified atom stereocenters. The summed E-state index contributed by atoms with van der Waals surface area (Å²) < 4.78 is 35.2. The average Bonchev–Trinajstić information content (AvgIpc) is 2.77. The van der Waals surface area contributed by atoms with Crippen molar-refractivity contribution in [3.05, 3.63) is 101 Å². The van der Waals surface area contributed by atoms with Crippen LogP contribution < -0.4 is 9.46 Å². The van der Waals surface area contributed by atoms with Crippen molar-refractivity contribution in [2.75, 3.05) is 11.8 Å². The predicted molar refractivity (Wildman–Crippen MR) is 153 cm³/mol. The van der Waals surface area contributed by atoms with Crippen LogP contribution in [0.1, 0.15) is 43.0 Å². The van der Waals surface area contributed by atoms with Crippen molar-refractivity contribution >= 4 is 45.7 Å². The van der Waals surface area contributed by atoms with Gasteiger partial charge in [0.1, 0.15) is 5.75 Å². The van der Waals surface area contributed by atoms with Crippen molar-refractivity contribution < 1.29 is 13.2 Å². The van der Waals surface area contributed by atoms with E-state index in [1.165, 1.54) is 11.8 Å². The molecule has 0 saturated heterocycles. The summed E-state index contributed by atoms with van der Waals surface area (Å²) in [4.78, 5) is 1.93. The third-order valence-corrected chi connectivity index (χ3v) is 8.22. The lowest BCUT2D eigenvalue weighted by molar-refractivity contribution is 0.404. The van der Waals surface area contributed by atoms with Crippen molar-refractivity contribution in [3.8, 4) is 5.75 Å². The van der Waals surface area contributed by atoms with Crippen LogP contribution in [0, 0.1) is 6.92 Å². The Labute approximate surface area is 214 Å². The lowest BCUT2D eigenvalue weighted by Gasteiger charge is -2.20. The zero-order valence-corrected chi connectivity index (χ0v) is 22.7. The monoisotopic (exact) mass is 507 g/mol. The van der Waals surface area contributed by atoms with Gasteiger partial charge in [-0.05, 0) is 56.5 Å². The second-order valence-electron chi connectivity index (χ2n) is 8.07.